The van der Waals surface area contributed by atoms with Crippen LogP contribution in [-0.2, 0) is 19.1 Å². The molecule has 2 rings (SSSR count). The van der Waals surface area contributed by atoms with E-state index in [9.17, 15) is 14.4 Å². The number of nitrogens with one attached hydrogen (secondary N) is 3. The van der Waals surface area contributed by atoms with Gasteiger partial charge in [-0.15, -0.1) is 0 Å². The van der Waals surface area contributed by atoms with E-state index in [0.717, 1.165) is 44.9 Å². The number of alkyl carbamates (subject to hydrolysis) is 1. The number of hydrogen-bond acceptors (Lipinski definition) is 6. The highest BCUT2D eigenvalue weighted by molar-refractivity contribution is 5.92. The maximum Gasteiger partial charge on any atom is 0.408 e. The molecule has 206 valence electrons. The van der Waals surface area contributed by atoms with Gasteiger partial charge in [0.25, 0.3) is 0 Å². The lowest BCUT2D eigenvalue weighted by atomic mass is 9.81. The molecule has 2 aliphatic rings. The van der Waals surface area contributed by atoms with Crippen molar-refractivity contribution in [1.29, 1.82) is 5.41 Å². The van der Waals surface area contributed by atoms with Crippen LogP contribution in [0.15, 0.2) is 0 Å². The number of nitrogens with zero attached hydrogens (tertiary/aromatic N) is 1. The van der Waals surface area contributed by atoms with Gasteiger partial charge in [0.15, 0.2) is 0 Å². The van der Waals surface area contributed by atoms with Crippen molar-refractivity contribution in [3.8, 4) is 0 Å². The summed E-state index contributed by atoms with van der Waals surface area (Å²) in [6, 6.07) is -1.51. The van der Waals surface area contributed by atoms with Gasteiger partial charge < -0.3 is 30.7 Å². The van der Waals surface area contributed by atoms with Crippen LogP contribution in [0.1, 0.15) is 86.0 Å². The highest BCUT2D eigenvalue weighted by Crippen LogP contribution is 2.28. The van der Waals surface area contributed by atoms with Gasteiger partial charge in [-0.1, -0.05) is 13.8 Å². The zero-order valence-corrected chi connectivity index (χ0v) is 22.7. The fourth-order valence-corrected chi connectivity index (χ4v) is 4.85. The topological polar surface area (TPSA) is 147 Å². The summed E-state index contributed by atoms with van der Waals surface area (Å²) in [6.45, 7) is 10.5. The minimum absolute atomic E-state index is 0.00837. The van der Waals surface area contributed by atoms with Gasteiger partial charge in [-0.2, -0.15) is 0 Å². The van der Waals surface area contributed by atoms with Crippen LogP contribution in [0.25, 0.3) is 0 Å². The number of nitrogens with two attached hydrogens (primary N) is 1. The third-order valence-electron chi connectivity index (χ3n) is 7.72. The van der Waals surface area contributed by atoms with Gasteiger partial charge in [-0.05, 0) is 78.1 Å². The first-order chi connectivity index (χ1) is 17.0. The van der Waals surface area contributed by atoms with Crippen molar-refractivity contribution in [2.75, 3.05) is 19.7 Å². The fourth-order valence-electron chi connectivity index (χ4n) is 4.85. The zero-order chi connectivity index (χ0) is 26.9. The average molecular weight is 510 g/mol. The molecule has 1 saturated carbocycles. The predicted octanol–water partition coefficient (Wildman–Crippen LogP) is 2.93. The first kappa shape index (κ1) is 29.9. The molecular weight excluding hydrogens is 462 g/mol. The Labute approximate surface area is 215 Å². The van der Waals surface area contributed by atoms with Crippen LogP contribution in [-0.4, -0.2) is 72.1 Å². The maximum atomic E-state index is 13.5. The lowest BCUT2D eigenvalue weighted by molar-refractivity contribution is -0.143. The number of hydrogen-bond donors (Lipinski definition) is 4. The Bertz CT molecular complexity index is 762. The van der Waals surface area contributed by atoms with E-state index in [1.807, 2.05) is 20.8 Å². The summed E-state index contributed by atoms with van der Waals surface area (Å²) in [6.07, 6.45) is 5.43. The first-order valence-corrected chi connectivity index (χ1v) is 13.5. The van der Waals surface area contributed by atoms with Crippen molar-refractivity contribution >= 4 is 23.7 Å². The Morgan fingerprint density at radius 2 is 1.75 bits per heavy atom. The molecule has 5 N–H and O–H groups in total. The molecule has 36 heavy (non-hydrogen) atoms. The molecule has 1 heterocycles. The number of amidine groups is 1. The van der Waals surface area contributed by atoms with Gasteiger partial charge in [-0.3, -0.25) is 15.0 Å². The van der Waals surface area contributed by atoms with Crippen LogP contribution in [0.2, 0.25) is 0 Å². The van der Waals surface area contributed by atoms with Crippen LogP contribution in [0.5, 0.6) is 0 Å². The Morgan fingerprint density at radius 1 is 1.11 bits per heavy atom. The quantitative estimate of drug-likeness (QED) is 0.235. The van der Waals surface area contributed by atoms with Crippen molar-refractivity contribution in [3.63, 3.8) is 0 Å². The minimum atomic E-state index is -0.941. The van der Waals surface area contributed by atoms with E-state index >= 15 is 0 Å². The van der Waals surface area contributed by atoms with E-state index < -0.39 is 23.8 Å². The predicted molar refractivity (Wildman–Crippen MR) is 139 cm³/mol. The molecule has 2 fully saturated rings. The summed E-state index contributed by atoms with van der Waals surface area (Å²) in [5.74, 6) is 0.261. The summed E-state index contributed by atoms with van der Waals surface area (Å²) in [7, 11) is 0. The lowest BCUT2D eigenvalue weighted by Crippen LogP contribution is -2.56. The second-order valence-corrected chi connectivity index (χ2v) is 10.7. The molecule has 0 aromatic heterocycles. The molecule has 0 aromatic carbocycles. The third kappa shape index (κ3) is 8.64. The SMILES string of the molecule is CCC(C)(CC)OC[C@@H](NC(=O)OC(C)C)C(=O)N1CCC[C@H]1C(=O)NC[C@H]1CC[C@H](C(=N)N)CC1. The molecule has 1 saturated heterocycles. The largest absolute Gasteiger partial charge is 0.447 e. The van der Waals surface area contributed by atoms with Crippen LogP contribution >= 0.6 is 0 Å². The number of ether oxygens (including phenoxy) is 2. The second kappa shape index (κ2) is 13.8. The Kier molecular flexibility index (Phi) is 11.5. The summed E-state index contributed by atoms with van der Waals surface area (Å²) in [5, 5.41) is 13.3. The van der Waals surface area contributed by atoms with Gasteiger partial charge >= 0.3 is 6.09 Å². The standard InChI is InChI=1S/C26H47N5O5/c1-6-26(5,7-2)35-16-20(30-25(34)36-17(3)4)24(33)31-14-8-9-21(31)23(32)29-15-18-10-12-19(13-11-18)22(27)28/h17-21H,6-16H2,1-5H3,(H3,27,28)(H,29,32)(H,30,34)/t18-,19-,20-,21+/m1/s1. The van der Waals surface area contributed by atoms with Gasteiger partial charge in [0.2, 0.25) is 11.8 Å². The summed E-state index contributed by atoms with van der Waals surface area (Å²) in [5.41, 5.74) is 5.22. The molecule has 1 aliphatic carbocycles. The van der Waals surface area contributed by atoms with Gasteiger partial charge in [0, 0.05) is 19.0 Å². The summed E-state index contributed by atoms with van der Waals surface area (Å²) in [4.78, 5) is 40.5. The monoisotopic (exact) mass is 509 g/mol. The normalized spacial score (nSPS) is 23.3. The maximum absolute atomic E-state index is 13.5. The molecule has 0 spiro atoms. The number of carbonyl (C=O) groups is 3. The number of carbonyl (C=O) groups excluding carboxylic acids is 3. The van der Waals surface area contributed by atoms with Crippen molar-refractivity contribution in [2.45, 2.75) is 110 Å². The van der Waals surface area contributed by atoms with Crippen LogP contribution in [0.4, 0.5) is 4.79 Å². The smallest absolute Gasteiger partial charge is 0.408 e. The van der Waals surface area contributed by atoms with Gasteiger partial charge in [0.05, 0.1) is 24.1 Å². The van der Waals surface area contributed by atoms with Gasteiger partial charge in [-0.25, -0.2) is 4.79 Å². The van der Waals surface area contributed by atoms with Crippen molar-refractivity contribution in [3.05, 3.63) is 0 Å². The molecule has 0 aromatic rings. The molecule has 0 radical (unpaired) electrons. The van der Waals surface area contributed by atoms with Crippen LogP contribution < -0.4 is 16.4 Å². The molecule has 1 aliphatic heterocycles. The van der Waals surface area contributed by atoms with Crippen LogP contribution in [0, 0.1) is 17.2 Å². The Morgan fingerprint density at radius 3 is 2.31 bits per heavy atom. The molecule has 0 bridgehead atoms. The fraction of sp³-hybridized carbons (Fsp3) is 0.846. The Balaban J connectivity index is 2.01. The van der Waals surface area contributed by atoms with E-state index in [4.69, 9.17) is 20.6 Å². The van der Waals surface area contributed by atoms with E-state index in [0.29, 0.717) is 25.4 Å². The van der Waals surface area contributed by atoms with E-state index in [1.165, 1.54) is 0 Å². The van der Waals surface area contributed by atoms with Crippen LogP contribution in [0.3, 0.4) is 0 Å². The minimum Gasteiger partial charge on any atom is -0.447 e. The van der Waals surface area contributed by atoms with E-state index in [2.05, 4.69) is 10.6 Å². The van der Waals surface area contributed by atoms with E-state index in [1.54, 1.807) is 18.7 Å². The molecular formula is C26H47N5O5. The lowest BCUT2D eigenvalue weighted by Gasteiger charge is -2.33. The van der Waals surface area contributed by atoms with Crippen molar-refractivity contribution < 1.29 is 23.9 Å². The van der Waals surface area contributed by atoms with Crippen molar-refractivity contribution in [2.24, 2.45) is 17.6 Å². The number of amides is 3. The van der Waals surface area contributed by atoms with E-state index in [-0.39, 0.29) is 36.3 Å². The molecule has 3 amide bonds. The average Bonchev–Trinajstić information content (AvgIpc) is 3.34. The molecule has 10 heteroatoms. The summed E-state index contributed by atoms with van der Waals surface area (Å²) < 4.78 is 11.3. The first-order valence-electron chi connectivity index (χ1n) is 13.5. The summed E-state index contributed by atoms with van der Waals surface area (Å²) >= 11 is 0. The highest BCUT2D eigenvalue weighted by atomic mass is 16.6. The third-order valence-corrected chi connectivity index (χ3v) is 7.72. The zero-order valence-electron chi connectivity index (χ0n) is 22.7. The van der Waals surface area contributed by atoms with Gasteiger partial charge in [0.1, 0.15) is 12.1 Å². The molecule has 2 atom stereocenters. The van der Waals surface area contributed by atoms with Crippen molar-refractivity contribution in [1.82, 2.24) is 15.5 Å². The molecule has 10 nitrogen and oxygen atoms in total. The number of likely N-dealkylation sites (tertiary alicyclic amines) is 1. The second-order valence-electron chi connectivity index (χ2n) is 10.7. The highest BCUT2D eigenvalue weighted by Gasteiger charge is 2.39. The molecule has 0 unspecified atom stereocenters. The number of rotatable bonds is 12. The Hall–Kier alpha value is -2.36.